The van der Waals surface area contributed by atoms with E-state index in [2.05, 4.69) is 11.1 Å². The summed E-state index contributed by atoms with van der Waals surface area (Å²) in [5.41, 5.74) is 0.833. The lowest BCUT2D eigenvalue weighted by atomic mass is 10.3. The number of hydrogen-bond donors (Lipinski definition) is 0. The molecule has 0 saturated carbocycles. The summed E-state index contributed by atoms with van der Waals surface area (Å²) in [5.74, 6) is 1.46. The van der Waals surface area contributed by atoms with Crippen molar-refractivity contribution in [2.24, 2.45) is 0 Å². The highest BCUT2D eigenvalue weighted by Gasteiger charge is 2.05. The molecule has 98 valence electrons. The topological polar surface area (TPSA) is 55.1 Å². The van der Waals surface area contributed by atoms with E-state index in [0.717, 1.165) is 28.6 Å². The Kier molecular flexibility index (Phi) is 4.76. The minimum Gasteiger partial charge on any atom is -0.493 e. The molecule has 0 spiro atoms. The van der Waals surface area contributed by atoms with E-state index < -0.39 is 0 Å². The maximum atomic E-state index is 8.59. The van der Waals surface area contributed by atoms with Gasteiger partial charge in [0.25, 0.3) is 0 Å². The lowest BCUT2D eigenvalue weighted by Crippen LogP contribution is -2.02. The van der Waals surface area contributed by atoms with Crippen LogP contribution in [0.5, 0.6) is 11.5 Å². The zero-order valence-electron chi connectivity index (χ0n) is 10.6. The predicted octanol–water partition coefficient (Wildman–Crippen LogP) is 2.84. The zero-order valence-corrected chi connectivity index (χ0v) is 11.4. The van der Waals surface area contributed by atoms with Gasteiger partial charge in [0.2, 0.25) is 0 Å². The van der Waals surface area contributed by atoms with Crippen LogP contribution in [0.15, 0.2) is 29.6 Å². The Morgan fingerprint density at radius 1 is 1.32 bits per heavy atom. The average Bonchev–Trinajstić information content (AvgIpc) is 2.87. The zero-order chi connectivity index (χ0) is 13.5. The fraction of sp³-hybridized carbons (Fsp3) is 0.286. The maximum absolute atomic E-state index is 8.59. The van der Waals surface area contributed by atoms with Crippen LogP contribution in [0, 0.1) is 11.3 Å². The molecule has 0 bridgehead atoms. The molecule has 1 aromatic carbocycles. The van der Waals surface area contributed by atoms with Crippen molar-refractivity contribution in [3.05, 3.63) is 40.3 Å². The molecule has 0 atom stereocenters. The molecule has 1 aromatic heterocycles. The van der Waals surface area contributed by atoms with Gasteiger partial charge in [-0.1, -0.05) is 12.1 Å². The standard InChI is InChI=1S/C14H14N2O2S/c1-17-12-4-2-3-5-13(12)18-9-7-14-16-11(6-8-15)10-19-14/h2-5,10H,6-7,9H2,1H3. The third-order valence-electron chi connectivity index (χ3n) is 2.50. The fourth-order valence-electron chi connectivity index (χ4n) is 1.61. The van der Waals surface area contributed by atoms with Gasteiger partial charge in [0.05, 0.1) is 36.9 Å². The summed E-state index contributed by atoms with van der Waals surface area (Å²) in [6.45, 7) is 0.542. The summed E-state index contributed by atoms with van der Waals surface area (Å²) in [6, 6.07) is 9.64. The van der Waals surface area contributed by atoms with Gasteiger partial charge in [-0.05, 0) is 12.1 Å². The Morgan fingerprint density at radius 2 is 2.11 bits per heavy atom. The van der Waals surface area contributed by atoms with Gasteiger partial charge in [0.1, 0.15) is 0 Å². The van der Waals surface area contributed by atoms with Crippen molar-refractivity contribution in [1.82, 2.24) is 4.98 Å². The van der Waals surface area contributed by atoms with E-state index in [-0.39, 0.29) is 0 Å². The number of aromatic nitrogens is 1. The minimum atomic E-state index is 0.365. The highest BCUT2D eigenvalue weighted by atomic mass is 32.1. The van der Waals surface area contributed by atoms with Crippen LogP contribution in [0.3, 0.4) is 0 Å². The second-order valence-electron chi connectivity index (χ2n) is 3.82. The van der Waals surface area contributed by atoms with E-state index in [4.69, 9.17) is 14.7 Å². The third-order valence-corrected chi connectivity index (χ3v) is 3.46. The molecule has 0 aliphatic heterocycles. The number of ether oxygens (including phenoxy) is 2. The summed E-state index contributed by atoms with van der Waals surface area (Å²) in [5, 5.41) is 11.5. The summed E-state index contributed by atoms with van der Waals surface area (Å²) in [7, 11) is 1.62. The Bertz CT molecular complexity index is 575. The smallest absolute Gasteiger partial charge is 0.161 e. The summed E-state index contributed by atoms with van der Waals surface area (Å²) in [6.07, 6.45) is 1.10. The van der Waals surface area contributed by atoms with E-state index in [1.807, 2.05) is 29.6 Å². The molecule has 0 aliphatic carbocycles. The second kappa shape index (κ2) is 6.76. The number of para-hydroxylation sites is 2. The van der Waals surface area contributed by atoms with Crippen LogP contribution in [-0.2, 0) is 12.8 Å². The van der Waals surface area contributed by atoms with Crippen molar-refractivity contribution < 1.29 is 9.47 Å². The lowest BCUT2D eigenvalue weighted by Gasteiger charge is -2.09. The Balaban J connectivity index is 1.87. The molecule has 0 fully saturated rings. The normalized spacial score (nSPS) is 9.89. The van der Waals surface area contributed by atoms with E-state index in [9.17, 15) is 0 Å². The van der Waals surface area contributed by atoms with Crippen LogP contribution in [0.2, 0.25) is 0 Å². The number of hydrogen-bond acceptors (Lipinski definition) is 5. The monoisotopic (exact) mass is 274 g/mol. The van der Waals surface area contributed by atoms with Gasteiger partial charge in [-0.2, -0.15) is 5.26 Å². The molecule has 0 saturated heterocycles. The summed E-state index contributed by atoms with van der Waals surface area (Å²) >= 11 is 1.56. The fourth-order valence-corrected chi connectivity index (χ4v) is 2.39. The lowest BCUT2D eigenvalue weighted by molar-refractivity contribution is 0.297. The van der Waals surface area contributed by atoms with Crippen molar-refractivity contribution in [2.75, 3.05) is 13.7 Å². The minimum absolute atomic E-state index is 0.365. The number of methoxy groups -OCH3 is 1. The van der Waals surface area contributed by atoms with Gasteiger partial charge in [-0.15, -0.1) is 11.3 Å². The highest BCUT2D eigenvalue weighted by molar-refractivity contribution is 7.09. The summed E-state index contributed by atoms with van der Waals surface area (Å²) in [4.78, 5) is 4.36. The van der Waals surface area contributed by atoms with Gasteiger partial charge in [0.15, 0.2) is 11.5 Å². The molecule has 0 unspecified atom stereocenters. The second-order valence-corrected chi connectivity index (χ2v) is 4.76. The molecule has 0 amide bonds. The first-order valence-corrected chi connectivity index (χ1v) is 6.77. The molecule has 0 N–H and O–H groups in total. The van der Waals surface area contributed by atoms with E-state index in [0.29, 0.717) is 13.0 Å². The van der Waals surface area contributed by atoms with Gasteiger partial charge in [-0.3, -0.25) is 0 Å². The first-order valence-electron chi connectivity index (χ1n) is 5.89. The van der Waals surface area contributed by atoms with Crippen molar-refractivity contribution in [3.8, 4) is 17.6 Å². The number of nitriles is 1. The molecule has 19 heavy (non-hydrogen) atoms. The largest absolute Gasteiger partial charge is 0.493 e. The molecule has 0 aliphatic rings. The molecule has 2 rings (SSSR count). The van der Waals surface area contributed by atoms with Crippen LogP contribution in [0.4, 0.5) is 0 Å². The molecule has 4 nitrogen and oxygen atoms in total. The predicted molar refractivity (Wildman–Crippen MR) is 73.6 cm³/mol. The number of benzene rings is 1. The van der Waals surface area contributed by atoms with Gasteiger partial charge < -0.3 is 9.47 Å². The molecule has 2 aromatic rings. The Morgan fingerprint density at radius 3 is 2.84 bits per heavy atom. The van der Waals surface area contributed by atoms with Crippen molar-refractivity contribution in [1.29, 1.82) is 5.26 Å². The van der Waals surface area contributed by atoms with Crippen molar-refractivity contribution in [3.63, 3.8) is 0 Å². The van der Waals surface area contributed by atoms with Crippen LogP contribution >= 0.6 is 11.3 Å². The van der Waals surface area contributed by atoms with Crippen molar-refractivity contribution >= 4 is 11.3 Å². The van der Waals surface area contributed by atoms with Gasteiger partial charge in [0, 0.05) is 11.8 Å². The molecular weight excluding hydrogens is 260 g/mol. The van der Waals surface area contributed by atoms with E-state index in [1.54, 1.807) is 18.4 Å². The maximum Gasteiger partial charge on any atom is 0.161 e. The summed E-state index contributed by atoms with van der Waals surface area (Å²) < 4.78 is 10.9. The number of rotatable bonds is 6. The van der Waals surface area contributed by atoms with Crippen LogP contribution in [-0.4, -0.2) is 18.7 Å². The van der Waals surface area contributed by atoms with Crippen LogP contribution in [0.25, 0.3) is 0 Å². The number of nitrogens with zero attached hydrogens (tertiary/aromatic N) is 2. The molecule has 5 heteroatoms. The van der Waals surface area contributed by atoms with Crippen molar-refractivity contribution in [2.45, 2.75) is 12.8 Å². The molecule has 0 radical (unpaired) electrons. The SMILES string of the molecule is COc1ccccc1OCCc1nc(CC#N)cs1. The Hall–Kier alpha value is -2.06. The third kappa shape index (κ3) is 3.70. The first-order chi connectivity index (χ1) is 9.33. The van der Waals surface area contributed by atoms with E-state index >= 15 is 0 Å². The van der Waals surface area contributed by atoms with E-state index in [1.165, 1.54) is 0 Å². The van der Waals surface area contributed by atoms with Gasteiger partial charge in [-0.25, -0.2) is 4.98 Å². The number of thiazole rings is 1. The highest BCUT2D eigenvalue weighted by Crippen LogP contribution is 2.25. The quantitative estimate of drug-likeness (QED) is 0.812. The average molecular weight is 274 g/mol. The Labute approximate surface area is 116 Å². The molecular formula is C14H14N2O2S. The van der Waals surface area contributed by atoms with Gasteiger partial charge >= 0.3 is 0 Å². The first kappa shape index (κ1) is 13.4. The van der Waals surface area contributed by atoms with Crippen LogP contribution in [0.1, 0.15) is 10.7 Å². The van der Waals surface area contributed by atoms with Crippen LogP contribution < -0.4 is 9.47 Å². The molecule has 1 heterocycles.